The average Bonchev–Trinajstić information content (AvgIpc) is 3.04. The summed E-state index contributed by atoms with van der Waals surface area (Å²) in [6.45, 7) is 9.93. The van der Waals surface area contributed by atoms with Gasteiger partial charge in [-0.3, -0.25) is 19.4 Å². The first-order valence-corrected chi connectivity index (χ1v) is 11.3. The number of carbonyl (C=O) groups excluding carboxylic acids is 2. The van der Waals surface area contributed by atoms with Crippen molar-refractivity contribution in [2.24, 2.45) is 0 Å². The molecule has 1 saturated heterocycles. The van der Waals surface area contributed by atoms with Crippen molar-refractivity contribution in [3.63, 3.8) is 0 Å². The molecule has 0 saturated carbocycles. The molecule has 2 heterocycles. The van der Waals surface area contributed by atoms with E-state index in [1.807, 2.05) is 57.2 Å². The van der Waals surface area contributed by atoms with Gasteiger partial charge < -0.3 is 14.8 Å². The molecule has 2 aliphatic rings. The van der Waals surface area contributed by atoms with Gasteiger partial charge in [0.05, 0.1) is 31.6 Å². The van der Waals surface area contributed by atoms with Crippen molar-refractivity contribution in [3.8, 4) is 5.75 Å². The maximum absolute atomic E-state index is 13.5. The predicted molar refractivity (Wildman–Crippen MR) is 128 cm³/mol. The minimum absolute atomic E-state index is 0.273. The van der Waals surface area contributed by atoms with Crippen LogP contribution in [0.4, 0.5) is 5.69 Å². The van der Waals surface area contributed by atoms with Gasteiger partial charge in [-0.15, -0.1) is 0 Å². The van der Waals surface area contributed by atoms with E-state index in [9.17, 15) is 9.59 Å². The van der Waals surface area contributed by atoms with Crippen LogP contribution in [0.3, 0.4) is 0 Å². The third kappa shape index (κ3) is 4.79. The Labute approximate surface area is 195 Å². The molecular weight excluding hydrogens is 418 g/mol. The Morgan fingerprint density at radius 2 is 1.70 bits per heavy atom. The summed E-state index contributed by atoms with van der Waals surface area (Å²) in [4.78, 5) is 30.6. The van der Waals surface area contributed by atoms with Crippen LogP contribution in [0.25, 0.3) is 5.57 Å². The Bertz CT molecular complexity index is 1100. The Hall–Kier alpha value is -3.16. The summed E-state index contributed by atoms with van der Waals surface area (Å²) in [6.07, 6.45) is 0. The molecule has 33 heavy (non-hydrogen) atoms. The van der Waals surface area contributed by atoms with Crippen molar-refractivity contribution < 1.29 is 19.1 Å². The maximum Gasteiger partial charge on any atom is 0.278 e. The highest BCUT2D eigenvalue weighted by Gasteiger charge is 2.39. The first kappa shape index (κ1) is 23.0. The second kappa shape index (κ2) is 9.77. The van der Waals surface area contributed by atoms with E-state index in [0.29, 0.717) is 43.3 Å². The van der Waals surface area contributed by atoms with Crippen LogP contribution in [-0.4, -0.2) is 68.1 Å². The number of amides is 2. The number of nitrogens with zero attached hydrogens (tertiary/aromatic N) is 2. The number of rotatable bonds is 7. The van der Waals surface area contributed by atoms with Gasteiger partial charge in [-0.1, -0.05) is 24.3 Å². The fourth-order valence-corrected chi connectivity index (χ4v) is 4.18. The SMILES string of the molecule is COc1ccc(C)cc1NC1=C(c2ccc(C)c(C)c2)C(=O)N(CCN2CCOCC2)C1=O. The van der Waals surface area contributed by atoms with Crippen molar-refractivity contribution >= 4 is 23.1 Å². The van der Waals surface area contributed by atoms with Crippen LogP contribution in [0.2, 0.25) is 0 Å². The fourth-order valence-electron chi connectivity index (χ4n) is 4.18. The third-order valence-corrected chi connectivity index (χ3v) is 6.32. The summed E-state index contributed by atoms with van der Waals surface area (Å²) >= 11 is 0. The molecular formula is C26H31N3O4. The Morgan fingerprint density at radius 3 is 2.39 bits per heavy atom. The van der Waals surface area contributed by atoms with Gasteiger partial charge in [0, 0.05) is 26.2 Å². The van der Waals surface area contributed by atoms with Gasteiger partial charge in [0.15, 0.2) is 0 Å². The molecule has 0 unspecified atom stereocenters. The lowest BCUT2D eigenvalue weighted by atomic mass is 9.99. The van der Waals surface area contributed by atoms with E-state index in [0.717, 1.165) is 35.3 Å². The highest BCUT2D eigenvalue weighted by molar-refractivity contribution is 6.36. The van der Waals surface area contributed by atoms with Crippen LogP contribution in [0.15, 0.2) is 42.1 Å². The number of hydrogen-bond acceptors (Lipinski definition) is 6. The van der Waals surface area contributed by atoms with E-state index in [2.05, 4.69) is 10.2 Å². The number of aryl methyl sites for hydroxylation is 3. The van der Waals surface area contributed by atoms with E-state index in [4.69, 9.17) is 9.47 Å². The Balaban J connectivity index is 1.69. The summed E-state index contributed by atoms with van der Waals surface area (Å²) in [7, 11) is 1.59. The molecule has 0 aliphatic carbocycles. The zero-order valence-corrected chi connectivity index (χ0v) is 19.7. The number of nitrogens with one attached hydrogen (secondary N) is 1. The standard InChI is InChI=1S/C26H31N3O4/c1-17-5-8-22(32-4)21(15-17)27-24-23(20-7-6-18(2)19(3)16-20)25(30)29(26(24)31)10-9-28-11-13-33-14-12-28/h5-8,15-16,27H,9-14H2,1-4H3. The molecule has 174 valence electrons. The summed E-state index contributed by atoms with van der Waals surface area (Å²) < 4.78 is 10.9. The minimum Gasteiger partial charge on any atom is -0.495 e. The first-order valence-electron chi connectivity index (χ1n) is 11.3. The third-order valence-electron chi connectivity index (χ3n) is 6.32. The molecule has 2 aliphatic heterocycles. The normalized spacial score (nSPS) is 17.2. The molecule has 2 amide bonds. The number of anilines is 1. The second-order valence-electron chi connectivity index (χ2n) is 8.59. The predicted octanol–water partition coefficient (Wildman–Crippen LogP) is 3.14. The zero-order chi connectivity index (χ0) is 23.5. The molecule has 2 aromatic rings. The molecule has 0 atom stereocenters. The van der Waals surface area contributed by atoms with Gasteiger partial charge in [0.2, 0.25) is 0 Å². The van der Waals surface area contributed by atoms with Gasteiger partial charge in [-0.2, -0.15) is 0 Å². The maximum atomic E-state index is 13.5. The molecule has 1 N–H and O–H groups in total. The molecule has 7 heteroatoms. The highest BCUT2D eigenvalue weighted by Crippen LogP contribution is 2.34. The number of imide groups is 1. The van der Waals surface area contributed by atoms with Crippen LogP contribution >= 0.6 is 0 Å². The lowest BCUT2D eigenvalue weighted by molar-refractivity contribution is -0.137. The lowest BCUT2D eigenvalue weighted by Gasteiger charge is -2.28. The number of carbonyl (C=O) groups is 2. The smallest absolute Gasteiger partial charge is 0.278 e. The number of hydrogen-bond donors (Lipinski definition) is 1. The number of methoxy groups -OCH3 is 1. The Morgan fingerprint density at radius 1 is 0.939 bits per heavy atom. The van der Waals surface area contributed by atoms with Crippen LogP contribution in [0, 0.1) is 20.8 Å². The summed E-state index contributed by atoms with van der Waals surface area (Å²) in [5.74, 6) is 0.0234. The quantitative estimate of drug-likeness (QED) is 0.655. The highest BCUT2D eigenvalue weighted by atomic mass is 16.5. The van der Waals surface area contributed by atoms with Crippen LogP contribution < -0.4 is 10.1 Å². The lowest BCUT2D eigenvalue weighted by Crippen LogP contribution is -2.43. The molecule has 0 radical (unpaired) electrons. The van der Waals surface area contributed by atoms with Gasteiger partial charge in [0.1, 0.15) is 11.4 Å². The van der Waals surface area contributed by atoms with Crippen LogP contribution in [0.5, 0.6) is 5.75 Å². The van der Waals surface area contributed by atoms with Crippen molar-refractivity contribution in [2.45, 2.75) is 20.8 Å². The van der Waals surface area contributed by atoms with Crippen LogP contribution in [-0.2, 0) is 14.3 Å². The second-order valence-corrected chi connectivity index (χ2v) is 8.59. The molecule has 0 bridgehead atoms. The topological polar surface area (TPSA) is 71.1 Å². The first-order chi connectivity index (χ1) is 15.9. The number of ether oxygens (including phenoxy) is 2. The molecule has 1 fully saturated rings. The molecule has 7 nitrogen and oxygen atoms in total. The van der Waals surface area contributed by atoms with Crippen molar-refractivity contribution in [1.82, 2.24) is 9.80 Å². The monoisotopic (exact) mass is 449 g/mol. The van der Waals surface area contributed by atoms with E-state index in [-0.39, 0.29) is 17.5 Å². The van der Waals surface area contributed by atoms with Crippen molar-refractivity contribution in [1.29, 1.82) is 0 Å². The Kier molecular flexibility index (Phi) is 6.81. The van der Waals surface area contributed by atoms with Gasteiger partial charge in [-0.25, -0.2) is 0 Å². The van der Waals surface area contributed by atoms with E-state index in [1.165, 1.54) is 4.90 Å². The fraction of sp³-hybridized carbons (Fsp3) is 0.385. The zero-order valence-electron chi connectivity index (χ0n) is 19.7. The largest absolute Gasteiger partial charge is 0.495 e. The molecule has 2 aromatic carbocycles. The molecule has 4 rings (SSSR count). The van der Waals surface area contributed by atoms with Gasteiger partial charge >= 0.3 is 0 Å². The van der Waals surface area contributed by atoms with Gasteiger partial charge in [-0.05, 0) is 55.2 Å². The molecule has 0 aromatic heterocycles. The van der Waals surface area contributed by atoms with Gasteiger partial charge in [0.25, 0.3) is 11.8 Å². The van der Waals surface area contributed by atoms with E-state index in [1.54, 1.807) is 7.11 Å². The van der Waals surface area contributed by atoms with Crippen LogP contribution in [0.1, 0.15) is 22.3 Å². The average molecular weight is 450 g/mol. The number of morpholine rings is 1. The van der Waals surface area contributed by atoms with Crippen molar-refractivity contribution in [3.05, 3.63) is 64.3 Å². The van der Waals surface area contributed by atoms with E-state index >= 15 is 0 Å². The minimum atomic E-state index is -0.315. The number of benzene rings is 2. The summed E-state index contributed by atoms with van der Waals surface area (Å²) in [6, 6.07) is 11.6. The van der Waals surface area contributed by atoms with Crippen molar-refractivity contribution in [2.75, 3.05) is 51.8 Å². The summed E-state index contributed by atoms with van der Waals surface area (Å²) in [5, 5.41) is 3.24. The molecule has 0 spiro atoms. The summed E-state index contributed by atoms with van der Waals surface area (Å²) in [5.41, 5.74) is 5.30. The van der Waals surface area contributed by atoms with E-state index < -0.39 is 0 Å².